The maximum Gasteiger partial charge on any atom is 0.278 e. The number of unbranched alkanes of at least 4 members (excludes halogenated alkanes) is 3. The van der Waals surface area contributed by atoms with Gasteiger partial charge in [-0.25, -0.2) is 13.1 Å². The van der Waals surface area contributed by atoms with Gasteiger partial charge >= 0.3 is 0 Å². The fraction of sp³-hybridized carbons (Fsp3) is 0.778. The standard InChI is InChI=1S/C27H46N4O5S2/c1-4-5-6-7-17-36-24-11-12-25-22(19-24)13-16-30-21-23-10-8-15-31(26(23)20-27(25)30)37(32,33)18-9-14-28-38(34,35)29(2)3/h11-12,19,23,26-28H,4-10,13-18,20-21H2,1-3H3/t23-,26+,27-/m0/s1. The lowest BCUT2D eigenvalue weighted by atomic mass is 9.77. The number of hydrogen-bond donors (Lipinski definition) is 1. The van der Waals surface area contributed by atoms with Gasteiger partial charge in [0.1, 0.15) is 5.75 Å². The number of rotatable bonds is 13. The van der Waals surface area contributed by atoms with Crippen LogP contribution in [0.25, 0.3) is 0 Å². The molecule has 0 unspecified atom stereocenters. The molecule has 0 bridgehead atoms. The molecule has 0 amide bonds. The van der Waals surface area contributed by atoms with E-state index < -0.39 is 20.2 Å². The molecule has 0 aromatic heterocycles. The summed E-state index contributed by atoms with van der Waals surface area (Å²) in [5.74, 6) is 1.24. The van der Waals surface area contributed by atoms with Crippen molar-refractivity contribution < 1.29 is 21.6 Å². The van der Waals surface area contributed by atoms with Crippen molar-refractivity contribution in [2.75, 3.05) is 52.6 Å². The van der Waals surface area contributed by atoms with Gasteiger partial charge in [-0.1, -0.05) is 32.3 Å². The molecule has 1 aromatic carbocycles. The molecule has 0 spiro atoms. The first-order chi connectivity index (χ1) is 18.1. The summed E-state index contributed by atoms with van der Waals surface area (Å²) in [6, 6.07) is 6.70. The Balaban J connectivity index is 1.40. The lowest BCUT2D eigenvalue weighted by molar-refractivity contribution is 0.0219. The summed E-state index contributed by atoms with van der Waals surface area (Å²) in [5.41, 5.74) is 2.64. The minimum atomic E-state index is -3.55. The zero-order chi connectivity index (χ0) is 27.3. The second-order valence-corrected chi connectivity index (χ2v) is 15.2. The van der Waals surface area contributed by atoms with Gasteiger partial charge in [0.05, 0.1) is 12.4 Å². The zero-order valence-electron chi connectivity index (χ0n) is 23.3. The topological polar surface area (TPSA) is 99.3 Å². The molecule has 3 aliphatic heterocycles. The first-order valence-corrected chi connectivity index (χ1v) is 17.3. The molecule has 1 N–H and O–H groups in total. The Morgan fingerprint density at radius 1 is 1.08 bits per heavy atom. The van der Waals surface area contributed by atoms with Crippen LogP contribution in [-0.4, -0.2) is 89.0 Å². The highest BCUT2D eigenvalue weighted by molar-refractivity contribution is 7.89. The van der Waals surface area contributed by atoms with Gasteiger partial charge < -0.3 is 4.74 Å². The third kappa shape index (κ3) is 7.09. The first kappa shape index (κ1) is 29.7. The maximum absolute atomic E-state index is 13.4. The van der Waals surface area contributed by atoms with Crippen LogP contribution >= 0.6 is 0 Å². The number of hydrogen-bond acceptors (Lipinski definition) is 6. The van der Waals surface area contributed by atoms with E-state index in [9.17, 15) is 16.8 Å². The Labute approximate surface area is 230 Å². The number of piperidine rings is 2. The van der Waals surface area contributed by atoms with E-state index >= 15 is 0 Å². The van der Waals surface area contributed by atoms with Crippen molar-refractivity contribution in [3.63, 3.8) is 0 Å². The average Bonchev–Trinajstić information content (AvgIpc) is 2.89. The fourth-order valence-corrected chi connectivity index (χ4v) is 8.73. The summed E-state index contributed by atoms with van der Waals surface area (Å²) in [5, 5.41) is 0. The minimum absolute atomic E-state index is 0.00564. The van der Waals surface area contributed by atoms with Gasteiger partial charge in [-0.15, -0.1) is 0 Å². The van der Waals surface area contributed by atoms with Gasteiger partial charge in [0.2, 0.25) is 10.0 Å². The quantitative estimate of drug-likeness (QED) is 0.366. The van der Waals surface area contributed by atoms with Crippen molar-refractivity contribution in [2.45, 2.75) is 76.8 Å². The molecule has 0 aliphatic carbocycles. The molecular formula is C27H46N4O5S2. The van der Waals surface area contributed by atoms with Crippen molar-refractivity contribution in [1.82, 2.24) is 18.2 Å². The molecule has 38 heavy (non-hydrogen) atoms. The first-order valence-electron chi connectivity index (χ1n) is 14.3. The molecule has 2 fully saturated rings. The van der Waals surface area contributed by atoms with Crippen LogP contribution in [-0.2, 0) is 26.7 Å². The van der Waals surface area contributed by atoms with Crippen LogP contribution in [0.4, 0.5) is 0 Å². The normalized spacial score (nSPS) is 24.6. The highest BCUT2D eigenvalue weighted by Crippen LogP contribution is 2.44. The fourth-order valence-electron chi connectivity index (χ4n) is 6.25. The Hall–Kier alpha value is -1.24. The number of benzene rings is 1. The largest absolute Gasteiger partial charge is 0.494 e. The summed E-state index contributed by atoms with van der Waals surface area (Å²) in [6.07, 6.45) is 8.74. The number of nitrogens with one attached hydrogen (secondary N) is 1. The van der Waals surface area contributed by atoms with Crippen LogP contribution < -0.4 is 9.46 Å². The maximum atomic E-state index is 13.4. The van der Waals surface area contributed by atoms with Gasteiger partial charge in [0, 0.05) is 52.4 Å². The Kier molecular flexibility index (Phi) is 10.1. The number of nitrogens with zero attached hydrogens (tertiary/aromatic N) is 3. The Bertz CT molecular complexity index is 1140. The molecule has 0 saturated carbocycles. The lowest BCUT2D eigenvalue weighted by Crippen LogP contribution is -2.57. The van der Waals surface area contributed by atoms with E-state index in [1.54, 1.807) is 4.31 Å². The predicted molar refractivity (Wildman–Crippen MR) is 151 cm³/mol. The van der Waals surface area contributed by atoms with Gasteiger partial charge in [-0.05, 0) is 67.7 Å². The van der Waals surface area contributed by atoms with E-state index in [1.165, 1.54) is 44.5 Å². The molecular weight excluding hydrogens is 524 g/mol. The van der Waals surface area contributed by atoms with Crippen molar-refractivity contribution in [1.29, 1.82) is 0 Å². The van der Waals surface area contributed by atoms with Crippen LogP contribution in [0.15, 0.2) is 18.2 Å². The van der Waals surface area contributed by atoms with Crippen LogP contribution in [0.3, 0.4) is 0 Å². The zero-order valence-corrected chi connectivity index (χ0v) is 24.9. The molecule has 3 atom stereocenters. The van der Waals surface area contributed by atoms with E-state index in [-0.39, 0.29) is 30.8 Å². The predicted octanol–water partition coefficient (Wildman–Crippen LogP) is 3.15. The number of fused-ring (bicyclic) bond motifs is 4. The van der Waals surface area contributed by atoms with Gasteiger partial charge in [0.15, 0.2) is 0 Å². The molecule has 3 aliphatic rings. The molecule has 0 radical (unpaired) electrons. The average molecular weight is 571 g/mol. The summed E-state index contributed by atoms with van der Waals surface area (Å²) in [4.78, 5) is 2.56. The van der Waals surface area contributed by atoms with E-state index in [0.717, 1.165) is 61.9 Å². The van der Waals surface area contributed by atoms with Crippen molar-refractivity contribution in [3.8, 4) is 5.75 Å². The minimum Gasteiger partial charge on any atom is -0.494 e. The summed E-state index contributed by atoms with van der Waals surface area (Å²) in [6.45, 7) is 5.55. The molecule has 1 aromatic rings. The number of sulfonamides is 1. The SMILES string of the molecule is CCCCCCOc1ccc2c(c1)CCN1C[C@@H]3CCCN(S(=O)(=O)CCCNS(=O)(=O)N(C)C)[C@@H]3C[C@@H]21. The summed E-state index contributed by atoms with van der Waals surface area (Å²) in [7, 11) is -4.14. The molecule has 2 saturated heterocycles. The molecule has 216 valence electrons. The second kappa shape index (κ2) is 13.0. The second-order valence-electron chi connectivity index (χ2n) is 11.2. The van der Waals surface area contributed by atoms with Gasteiger partial charge in [0.25, 0.3) is 10.2 Å². The summed E-state index contributed by atoms with van der Waals surface area (Å²) >= 11 is 0. The van der Waals surface area contributed by atoms with E-state index in [0.29, 0.717) is 12.5 Å². The van der Waals surface area contributed by atoms with Gasteiger partial charge in [-0.2, -0.15) is 17.0 Å². The van der Waals surface area contributed by atoms with Crippen molar-refractivity contribution in [2.24, 2.45) is 5.92 Å². The van der Waals surface area contributed by atoms with E-state index in [4.69, 9.17) is 4.74 Å². The van der Waals surface area contributed by atoms with Crippen LogP contribution in [0.2, 0.25) is 0 Å². The smallest absolute Gasteiger partial charge is 0.278 e. The lowest BCUT2D eigenvalue weighted by Gasteiger charge is -2.51. The Morgan fingerprint density at radius 2 is 1.89 bits per heavy atom. The highest BCUT2D eigenvalue weighted by Gasteiger charge is 2.45. The van der Waals surface area contributed by atoms with E-state index in [1.807, 2.05) is 0 Å². The number of ether oxygens (including phenoxy) is 1. The van der Waals surface area contributed by atoms with Crippen LogP contribution in [0.1, 0.15) is 75.5 Å². The Morgan fingerprint density at radius 3 is 2.66 bits per heavy atom. The highest BCUT2D eigenvalue weighted by atomic mass is 32.2. The van der Waals surface area contributed by atoms with Crippen LogP contribution in [0, 0.1) is 5.92 Å². The molecule has 3 heterocycles. The van der Waals surface area contributed by atoms with Crippen LogP contribution in [0.5, 0.6) is 5.75 Å². The van der Waals surface area contributed by atoms with Crippen molar-refractivity contribution in [3.05, 3.63) is 29.3 Å². The monoisotopic (exact) mass is 570 g/mol. The van der Waals surface area contributed by atoms with Gasteiger partial charge in [-0.3, -0.25) is 4.90 Å². The third-order valence-corrected chi connectivity index (χ3v) is 11.9. The van der Waals surface area contributed by atoms with Crippen molar-refractivity contribution >= 4 is 20.2 Å². The van der Waals surface area contributed by atoms with E-state index in [2.05, 4.69) is 34.7 Å². The summed E-state index contributed by atoms with van der Waals surface area (Å²) < 4.78 is 62.1. The molecule has 11 heteroatoms. The molecule has 4 rings (SSSR count). The third-order valence-electron chi connectivity index (χ3n) is 8.35. The molecule has 9 nitrogen and oxygen atoms in total.